The lowest BCUT2D eigenvalue weighted by Crippen LogP contribution is -2.25. The second-order valence-electron chi connectivity index (χ2n) is 3.98. The Bertz CT molecular complexity index is 565. The van der Waals surface area contributed by atoms with Crippen LogP contribution in [0.5, 0.6) is 0 Å². The summed E-state index contributed by atoms with van der Waals surface area (Å²) in [5, 5.41) is 2.65. The van der Waals surface area contributed by atoms with Gasteiger partial charge in [0.15, 0.2) is 0 Å². The van der Waals surface area contributed by atoms with Crippen LogP contribution in [0.3, 0.4) is 0 Å². The minimum Gasteiger partial charge on any atom is -0.352 e. The Hall–Kier alpha value is -1.40. The summed E-state index contributed by atoms with van der Waals surface area (Å²) in [7, 11) is -2.20. The highest BCUT2D eigenvalue weighted by Crippen LogP contribution is 2.20. The lowest BCUT2D eigenvalue weighted by Gasteiger charge is -2.12. The van der Waals surface area contributed by atoms with E-state index in [-0.39, 0.29) is 10.8 Å². The van der Waals surface area contributed by atoms with Crippen LogP contribution in [0.4, 0.5) is 0 Å². The normalized spacial score (nSPS) is 11.3. The lowest BCUT2D eigenvalue weighted by molar-refractivity contribution is 0.0955. The second-order valence-corrected chi connectivity index (χ2v) is 5.84. The van der Waals surface area contributed by atoms with Crippen molar-refractivity contribution in [2.45, 2.75) is 25.7 Å². The third kappa shape index (κ3) is 2.88. The molecule has 2 N–H and O–H groups in total. The Labute approximate surface area is 108 Å². The Morgan fingerprint density at radius 3 is 2.39 bits per heavy atom. The fourth-order valence-corrected chi connectivity index (χ4v) is 2.68. The van der Waals surface area contributed by atoms with E-state index in [0.717, 1.165) is 5.56 Å². The van der Waals surface area contributed by atoms with E-state index in [9.17, 15) is 13.2 Å². The van der Waals surface area contributed by atoms with Crippen LogP contribution >= 0.6 is 0 Å². The van der Waals surface area contributed by atoms with Gasteiger partial charge in [-0.2, -0.15) is 0 Å². The quantitative estimate of drug-likeness (QED) is 0.855. The van der Waals surface area contributed by atoms with E-state index >= 15 is 0 Å². The third-order valence-electron chi connectivity index (χ3n) is 2.78. The number of aryl methyl sites for hydroxylation is 1. The van der Waals surface area contributed by atoms with Crippen LogP contribution in [-0.2, 0) is 10.0 Å². The molecule has 0 spiro atoms. The summed E-state index contributed by atoms with van der Waals surface area (Å²) in [6, 6.07) is 3.09. The fourth-order valence-electron chi connectivity index (χ4n) is 1.61. The number of benzene rings is 1. The molecule has 0 saturated heterocycles. The molecule has 5 nitrogen and oxygen atoms in total. The molecule has 1 aromatic rings. The van der Waals surface area contributed by atoms with Gasteiger partial charge < -0.3 is 5.32 Å². The zero-order valence-electron chi connectivity index (χ0n) is 11.0. The van der Waals surface area contributed by atoms with E-state index in [0.29, 0.717) is 17.7 Å². The monoisotopic (exact) mass is 270 g/mol. The van der Waals surface area contributed by atoms with Gasteiger partial charge in [-0.05, 0) is 51.1 Å². The first-order valence-electron chi connectivity index (χ1n) is 5.66. The summed E-state index contributed by atoms with van der Waals surface area (Å²) in [5.74, 6) is -0.270. The van der Waals surface area contributed by atoms with Gasteiger partial charge in [0.1, 0.15) is 0 Å². The van der Waals surface area contributed by atoms with Crippen molar-refractivity contribution in [2.75, 3.05) is 13.6 Å². The molecule has 6 heteroatoms. The molecule has 0 atom stereocenters. The molecule has 1 aromatic carbocycles. The molecule has 0 unspecified atom stereocenters. The van der Waals surface area contributed by atoms with Gasteiger partial charge in [0, 0.05) is 12.1 Å². The molecule has 0 aliphatic carbocycles. The summed E-state index contributed by atoms with van der Waals surface area (Å²) < 4.78 is 26.0. The van der Waals surface area contributed by atoms with Crippen molar-refractivity contribution in [3.8, 4) is 0 Å². The summed E-state index contributed by atoms with van der Waals surface area (Å²) in [6.07, 6.45) is 0. The molecule has 0 aliphatic heterocycles. The van der Waals surface area contributed by atoms with Gasteiger partial charge in [0.2, 0.25) is 10.0 Å². The minimum absolute atomic E-state index is 0.145. The van der Waals surface area contributed by atoms with Gasteiger partial charge in [-0.15, -0.1) is 0 Å². The fraction of sp³-hybridized carbons (Fsp3) is 0.417. The van der Waals surface area contributed by atoms with Gasteiger partial charge in [0.05, 0.1) is 4.90 Å². The number of carbonyl (C=O) groups excluding carboxylic acids is 1. The van der Waals surface area contributed by atoms with Crippen molar-refractivity contribution in [3.63, 3.8) is 0 Å². The molecule has 0 heterocycles. The summed E-state index contributed by atoms with van der Waals surface area (Å²) in [6.45, 7) is 5.82. The molecule has 0 saturated carbocycles. The number of hydrogen-bond acceptors (Lipinski definition) is 3. The Morgan fingerprint density at radius 1 is 1.28 bits per heavy atom. The van der Waals surface area contributed by atoms with Crippen LogP contribution in [-0.4, -0.2) is 27.9 Å². The zero-order chi connectivity index (χ0) is 13.9. The predicted octanol–water partition coefficient (Wildman–Crippen LogP) is 0.961. The number of amides is 1. The van der Waals surface area contributed by atoms with Crippen LogP contribution in [0.1, 0.15) is 28.4 Å². The Kier molecular flexibility index (Phi) is 4.48. The summed E-state index contributed by atoms with van der Waals surface area (Å²) >= 11 is 0. The summed E-state index contributed by atoms with van der Waals surface area (Å²) in [5.41, 5.74) is 1.78. The van der Waals surface area contributed by atoms with E-state index in [2.05, 4.69) is 10.0 Å². The first-order valence-corrected chi connectivity index (χ1v) is 7.14. The molecule has 100 valence electrons. The SMILES string of the molecule is CCNC(=O)c1cc(C)c(C)c(S(=O)(=O)NC)c1. The van der Waals surface area contributed by atoms with Gasteiger partial charge in [-0.3, -0.25) is 4.79 Å². The van der Waals surface area contributed by atoms with Crippen LogP contribution in [0.2, 0.25) is 0 Å². The third-order valence-corrected chi connectivity index (χ3v) is 4.32. The molecule has 0 bridgehead atoms. The van der Waals surface area contributed by atoms with Crippen molar-refractivity contribution >= 4 is 15.9 Å². The topological polar surface area (TPSA) is 75.3 Å². The van der Waals surface area contributed by atoms with Crippen LogP contribution in [0.15, 0.2) is 17.0 Å². The molecule has 1 rings (SSSR count). The van der Waals surface area contributed by atoms with E-state index in [1.807, 2.05) is 6.92 Å². The average molecular weight is 270 g/mol. The highest BCUT2D eigenvalue weighted by molar-refractivity contribution is 7.89. The highest BCUT2D eigenvalue weighted by atomic mass is 32.2. The van der Waals surface area contributed by atoms with E-state index < -0.39 is 10.0 Å². The second kappa shape index (κ2) is 5.49. The first-order chi connectivity index (χ1) is 8.33. The molecule has 0 fully saturated rings. The van der Waals surface area contributed by atoms with Crippen molar-refractivity contribution in [3.05, 3.63) is 28.8 Å². The minimum atomic E-state index is -3.55. The number of hydrogen-bond donors (Lipinski definition) is 2. The number of nitrogens with one attached hydrogen (secondary N) is 2. The number of rotatable bonds is 4. The van der Waals surface area contributed by atoms with Crippen molar-refractivity contribution < 1.29 is 13.2 Å². The van der Waals surface area contributed by atoms with Crippen LogP contribution in [0.25, 0.3) is 0 Å². The maximum Gasteiger partial charge on any atom is 0.251 e. The summed E-state index contributed by atoms with van der Waals surface area (Å²) in [4.78, 5) is 11.9. The van der Waals surface area contributed by atoms with Gasteiger partial charge in [-0.1, -0.05) is 0 Å². The van der Waals surface area contributed by atoms with Crippen molar-refractivity contribution in [1.82, 2.24) is 10.0 Å². The molecule has 0 aromatic heterocycles. The van der Waals surface area contributed by atoms with Crippen molar-refractivity contribution in [2.24, 2.45) is 0 Å². The predicted molar refractivity (Wildman–Crippen MR) is 70.2 cm³/mol. The molecule has 0 radical (unpaired) electrons. The van der Waals surface area contributed by atoms with E-state index in [4.69, 9.17) is 0 Å². The maximum absolute atomic E-state index is 11.9. The van der Waals surface area contributed by atoms with E-state index in [1.54, 1.807) is 19.9 Å². The molecule has 18 heavy (non-hydrogen) atoms. The molecule has 1 amide bonds. The molecular weight excluding hydrogens is 252 g/mol. The van der Waals surface area contributed by atoms with Gasteiger partial charge in [0.25, 0.3) is 5.91 Å². The van der Waals surface area contributed by atoms with Crippen LogP contribution in [0, 0.1) is 13.8 Å². The van der Waals surface area contributed by atoms with Crippen molar-refractivity contribution in [1.29, 1.82) is 0 Å². The molecule has 0 aliphatic rings. The zero-order valence-corrected chi connectivity index (χ0v) is 11.8. The van der Waals surface area contributed by atoms with E-state index in [1.165, 1.54) is 13.1 Å². The van der Waals surface area contributed by atoms with Gasteiger partial charge >= 0.3 is 0 Å². The van der Waals surface area contributed by atoms with Crippen LogP contribution < -0.4 is 10.0 Å². The van der Waals surface area contributed by atoms with Gasteiger partial charge in [-0.25, -0.2) is 13.1 Å². The Morgan fingerprint density at radius 2 is 1.89 bits per heavy atom. The largest absolute Gasteiger partial charge is 0.352 e. The highest BCUT2D eigenvalue weighted by Gasteiger charge is 2.18. The standard InChI is InChI=1S/C12H18N2O3S/c1-5-14-12(15)10-6-8(2)9(3)11(7-10)18(16,17)13-4/h6-7,13H,5H2,1-4H3,(H,14,15). The number of sulfonamides is 1. The smallest absolute Gasteiger partial charge is 0.251 e. The number of carbonyl (C=O) groups is 1. The molecular formula is C12H18N2O3S. The maximum atomic E-state index is 11.9. The first kappa shape index (κ1) is 14.7. The average Bonchev–Trinajstić information content (AvgIpc) is 2.32. The lowest BCUT2D eigenvalue weighted by atomic mass is 10.1. The Balaban J connectivity index is 3.41.